The first-order valence-corrected chi connectivity index (χ1v) is 9.17. The molecule has 2 heterocycles. The highest BCUT2D eigenvalue weighted by atomic mass is 16.5. The zero-order chi connectivity index (χ0) is 19.2. The Morgan fingerprint density at radius 3 is 2.93 bits per heavy atom. The van der Waals surface area contributed by atoms with Crippen LogP contribution in [0, 0.1) is 13.8 Å². The number of likely N-dealkylation sites (tertiary alicyclic amines) is 1. The van der Waals surface area contributed by atoms with E-state index in [-0.39, 0.29) is 0 Å². The molecule has 6 heteroatoms. The molecule has 1 saturated heterocycles. The van der Waals surface area contributed by atoms with Crippen LogP contribution in [-0.2, 0) is 11.3 Å². The maximum atomic E-state index is 11.0. The van der Waals surface area contributed by atoms with E-state index >= 15 is 0 Å². The second-order valence-electron chi connectivity index (χ2n) is 7.01. The van der Waals surface area contributed by atoms with Crippen LogP contribution in [0.25, 0.3) is 6.08 Å². The molecule has 1 amide bonds. The molecular formula is C21H26N4O2. The Labute approximate surface area is 159 Å². The average Bonchev–Trinajstić information content (AvgIpc) is 3.11. The molecule has 0 saturated carbocycles. The molecule has 0 radical (unpaired) electrons. The molecular weight excluding hydrogens is 340 g/mol. The highest BCUT2D eigenvalue weighted by Crippen LogP contribution is 2.20. The molecule has 1 aliphatic rings. The summed E-state index contributed by atoms with van der Waals surface area (Å²) in [6, 6.07) is 10.7. The van der Waals surface area contributed by atoms with Crippen molar-refractivity contribution in [2.75, 3.05) is 18.4 Å². The monoisotopic (exact) mass is 366 g/mol. The lowest BCUT2D eigenvalue weighted by Gasteiger charge is -2.19. The quantitative estimate of drug-likeness (QED) is 0.416. The number of rotatable bonds is 6. The van der Waals surface area contributed by atoms with E-state index in [9.17, 15) is 4.79 Å². The molecule has 2 aromatic rings. The number of hydrogen-bond acceptors (Lipinski definition) is 5. The van der Waals surface area contributed by atoms with Crippen LogP contribution in [0.15, 0.2) is 42.6 Å². The molecule has 27 heavy (non-hydrogen) atoms. The van der Waals surface area contributed by atoms with Crippen LogP contribution in [0.2, 0.25) is 0 Å². The summed E-state index contributed by atoms with van der Waals surface area (Å²) in [7, 11) is 0. The normalized spacial score (nSPS) is 17.4. The first-order chi connectivity index (χ1) is 13.0. The van der Waals surface area contributed by atoms with Gasteiger partial charge in [0.25, 0.3) is 5.91 Å². The Morgan fingerprint density at radius 1 is 1.33 bits per heavy atom. The molecule has 1 fully saturated rings. The molecule has 1 aromatic carbocycles. The third-order valence-electron chi connectivity index (χ3n) is 5.06. The second-order valence-corrected chi connectivity index (χ2v) is 7.01. The number of carbonyl (C=O) groups excluding carboxylic acids is 1. The predicted octanol–water partition coefficient (Wildman–Crippen LogP) is 2.90. The Balaban J connectivity index is 1.53. The van der Waals surface area contributed by atoms with Crippen molar-refractivity contribution >= 4 is 17.8 Å². The molecule has 0 unspecified atom stereocenters. The number of amides is 1. The number of benzene rings is 1. The summed E-state index contributed by atoms with van der Waals surface area (Å²) in [5.41, 5.74) is 6.48. The Kier molecular flexibility index (Phi) is 6.21. The van der Waals surface area contributed by atoms with E-state index in [0.717, 1.165) is 37.4 Å². The highest BCUT2D eigenvalue weighted by Gasteiger charge is 2.23. The Hall–Kier alpha value is -2.70. The number of aryl methyl sites for hydroxylation is 1. The summed E-state index contributed by atoms with van der Waals surface area (Å²) in [4.78, 5) is 17.9. The van der Waals surface area contributed by atoms with Crippen LogP contribution in [0.3, 0.4) is 0 Å². The molecule has 3 rings (SSSR count). The van der Waals surface area contributed by atoms with Crippen molar-refractivity contribution in [2.45, 2.75) is 32.9 Å². The summed E-state index contributed by atoms with van der Waals surface area (Å²) < 4.78 is 0. The van der Waals surface area contributed by atoms with Crippen LogP contribution in [0.5, 0.6) is 0 Å². The third-order valence-corrected chi connectivity index (χ3v) is 5.06. The number of nitrogens with zero attached hydrogens (tertiary/aromatic N) is 2. The van der Waals surface area contributed by atoms with Crippen LogP contribution < -0.4 is 10.8 Å². The standard InChI is InChI=1S/C21H26N4O2/c1-15-4-3-5-18(16(15)2)13-25-11-10-19(14-25)23-20-8-6-17(12-22-20)7-9-21(26)24-27/h3-9,12,19,27H,10-11,13-14H2,1-2H3,(H,22,23)(H,24,26)/b9-7+/t19-/m1/s1. The number of anilines is 1. The van der Waals surface area contributed by atoms with Crippen LogP contribution in [-0.4, -0.2) is 40.1 Å². The SMILES string of the molecule is Cc1cccc(CN2CC[C@@H](Nc3ccc(/C=C/C(=O)NO)cn3)C2)c1C. The van der Waals surface area contributed by atoms with Crippen molar-refractivity contribution in [1.82, 2.24) is 15.4 Å². The first-order valence-electron chi connectivity index (χ1n) is 9.17. The van der Waals surface area contributed by atoms with Gasteiger partial charge in [-0.25, -0.2) is 10.5 Å². The number of aromatic nitrogens is 1. The number of nitrogens with one attached hydrogen (secondary N) is 2. The average molecular weight is 366 g/mol. The lowest BCUT2D eigenvalue weighted by atomic mass is 10.0. The van der Waals surface area contributed by atoms with Crippen molar-refractivity contribution < 1.29 is 10.0 Å². The van der Waals surface area contributed by atoms with Gasteiger partial charge in [0.05, 0.1) is 0 Å². The minimum atomic E-state index is -0.563. The van der Waals surface area contributed by atoms with Gasteiger partial charge in [-0.15, -0.1) is 0 Å². The summed E-state index contributed by atoms with van der Waals surface area (Å²) >= 11 is 0. The zero-order valence-corrected chi connectivity index (χ0v) is 15.8. The van der Waals surface area contributed by atoms with Crippen molar-refractivity contribution in [3.63, 3.8) is 0 Å². The van der Waals surface area contributed by atoms with Gasteiger partial charge in [-0.2, -0.15) is 0 Å². The van der Waals surface area contributed by atoms with Gasteiger partial charge in [0.1, 0.15) is 5.82 Å². The Morgan fingerprint density at radius 2 is 2.19 bits per heavy atom. The van der Waals surface area contributed by atoms with Gasteiger partial charge >= 0.3 is 0 Å². The lowest BCUT2D eigenvalue weighted by Crippen LogP contribution is -2.26. The second kappa shape index (κ2) is 8.79. The van der Waals surface area contributed by atoms with Gasteiger partial charge in [0.2, 0.25) is 0 Å². The number of hydroxylamine groups is 1. The smallest absolute Gasteiger partial charge is 0.267 e. The lowest BCUT2D eigenvalue weighted by molar-refractivity contribution is -0.124. The molecule has 1 aromatic heterocycles. The number of hydrogen-bond donors (Lipinski definition) is 3. The van der Waals surface area contributed by atoms with E-state index in [1.54, 1.807) is 17.8 Å². The van der Waals surface area contributed by atoms with E-state index in [4.69, 9.17) is 5.21 Å². The van der Waals surface area contributed by atoms with Crippen molar-refractivity contribution in [2.24, 2.45) is 0 Å². The van der Waals surface area contributed by atoms with Crippen molar-refractivity contribution in [3.05, 3.63) is 64.9 Å². The molecule has 0 aliphatic carbocycles. The third kappa shape index (κ3) is 5.15. The van der Waals surface area contributed by atoms with Crippen LogP contribution in [0.4, 0.5) is 5.82 Å². The summed E-state index contributed by atoms with van der Waals surface area (Å²) in [5.74, 6) is 0.268. The van der Waals surface area contributed by atoms with Crippen LogP contribution in [0.1, 0.15) is 28.7 Å². The molecule has 142 valence electrons. The maximum Gasteiger partial charge on any atom is 0.267 e. The molecule has 1 atom stereocenters. The van der Waals surface area contributed by atoms with E-state index in [2.05, 4.69) is 47.2 Å². The Bertz CT molecular complexity index is 817. The topological polar surface area (TPSA) is 77.5 Å². The summed E-state index contributed by atoms with van der Waals surface area (Å²) in [6.45, 7) is 7.40. The summed E-state index contributed by atoms with van der Waals surface area (Å²) in [6.07, 6.45) is 5.65. The van der Waals surface area contributed by atoms with Gasteiger partial charge in [0.15, 0.2) is 0 Å². The number of pyridine rings is 1. The minimum absolute atomic E-state index is 0.379. The first kappa shape index (κ1) is 19.1. The van der Waals surface area contributed by atoms with Gasteiger partial charge in [-0.3, -0.25) is 14.9 Å². The molecule has 0 spiro atoms. The predicted molar refractivity (Wildman–Crippen MR) is 106 cm³/mol. The van der Waals surface area contributed by atoms with Gasteiger partial charge in [-0.05, 0) is 60.7 Å². The molecule has 1 aliphatic heterocycles. The molecule has 0 bridgehead atoms. The fourth-order valence-electron chi connectivity index (χ4n) is 3.33. The largest absolute Gasteiger partial charge is 0.366 e. The van der Waals surface area contributed by atoms with Crippen molar-refractivity contribution in [1.29, 1.82) is 0 Å². The van der Waals surface area contributed by atoms with Gasteiger partial charge in [-0.1, -0.05) is 18.2 Å². The maximum absolute atomic E-state index is 11.0. The molecule has 6 nitrogen and oxygen atoms in total. The number of carbonyl (C=O) groups is 1. The van der Waals surface area contributed by atoms with Crippen LogP contribution >= 0.6 is 0 Å². The molecule has 3 N–H and O–H groups in total. The van der Waals surface area contributed by atoms with Crippen molar-refractivity contribution in [3.8, 4) is 0 Å². The van der Waals surface area contributed by atoms with E-state index in [0.29, 0.717) is 6.04 Å². The highest BCUT2D eigenvalue weighted by molar-refractivity contribution is 5.90. The minimum Gasteiger partial charge on any atom is -0.366 e. The van der Waals surface area contributed by atoms with Gasteiger partial charge in [0, 0.05) is 37.9 Å². The summed E-state index contributed by atoms with van der Waals surface area (Å²) in [5, 5.41) is 12.0. The fraction of sp³-hybridized carbons (Fsp3) is 0.333. The zero-order valence-electron chi connectivity index (χ0n) is 15.8. The fourth-order valence-corrected chi connectivity index (χ4v) is 3.33. The van der Waals surface area contributed by atoms with Gasteiger partial charge < -0.3 is 5.32 Å². The van der Waals surface area contributed by atoms with E-state index in [1.165, 1.54) is 22.8 Å². The van der Waals surface area contributed by atoms with E-state index in [1.807, 2.05) is 12.1 Å². The van der Waals surface area contributed by atoms with E-state index < -0.39 is 5.91 Å².